The van der Waals surface area contributed by atoms with E-state index in [1.807, 2.05) is 42.5 Å². The lowest BCUT2D eigenvalue weighted by Crippen LogP contribution is -2.46. The third kappa shape index (κ3) is 4.66. The van der Waals surface area contributed by atoms with Crippen molar-refractivity contribution in [3.8, 4) is 0 Å². The van der Waals surface area contributed by atoms with Gasteiger partial charge in [0.25, 0.3) is 0 Å². The van der Waals surface area contributed by atoms with Gasteiger partial charge in [0.2, 0.25) is 11.8 Å². The molecule has 0 atom stereocenters. The number of nitrogens with one attached hydrogen (secondary N) is 2. The second-order valence-corrected chi connectivity index (χ2v) is 7.32. The van der Waals surface area contributed by atoms with Gasteiger partial charge in [0.15, 0.2) is 5.82 Å². The molecule has 4 amide bonds. The van der Waals surface area contributed by atoms with Crippen molar-refractivity contribution in [1.82, 2.24) is 15.2 Å². The summed E-state index contributed by atoms with van der Waals surface area (Å²) in [5.41, 5.74) is 0.685. The van der Waals surface area contributed by atoms with Crippen molar-refractivity contribution >= 4 is 40.1 Å². The van der Waals surface area contributed by atoms with Crippen LogP contribution in [0.25, 0.3) is 10.8 Å². The number of hydrogen-bond donors (Lipinski definition) is 2. The Labute approximate surface area is 178 Å². The van der Waals surface area contributed by atoms with Crippen LogP contribution in [-0.4, -0.2) is 46.1 Å². The van der Waals surface area contributed by atoms with E-state index in [0.717, 1.165) is 10.8 Å². The Morgan fingerprint density at radius 1 is 1.00 bits per heavy atom. The zero-order valence-corrected chi connectivity index (χ0v) is 17.1. The van der Waals surface area contributed by atoms with Crippen LogP contribution in [0.2, 0.25) is 0 Å². The first-order valence-corrected chi connectivity index (χ1v) is 10.1. The lowest BCUT2D eigenvalue weighted by Gasteiger charge is -2.28. The summed E-state index contributed by atoms with van der Waals surface area (Å²) in [6.45, 7) is 2.59. The Morgan fingerprint density at radius 3 is 2.58 bits per heavy atom. The second-order valence-electron chi connectivity index (χ2n) is 7.32. The molecular formula is C22H23N5O4. The van der Waals surface area contributed by atoms with Gasteiger partial charge in [-0.2, -0.15) is 0 Å². The van der Waals surface area contributed by atoms with Gasteiger partial charge in [0.05, 0.1) is 5.69 Å². The van der Waals surface area contributed by atoms with Crippen LogP contribution in [0.4, 0.5) is 16.3 Å². The molecule has 1 aliphatic heterocycles. The highest BCUT2D eigenvalue weighted by Gasteiger charge is 2.31. The summed E-state index contributed by atoms with van der Waals surface area (Å²) in [6.07, 6.45) is 0.653. The highest BCUT2D eigenvalue weighted by atomic mass is 16.5. The van der Waals surface area contributed by atoms with Crippen LogP contribution in [0.5, 0.6) is 0 Å². The average molecular weight is 421 g/mol. The van der Waals surface area contributed by atoms with Crippen molar-refractivity contribution in [1.29, 1.82) is 0 Å². The minimum absolute atomic E-state index is 0.0132. The maximum atomic E-state index is 12.9. The van der Waals surface area contributed by atoms with E-state index in [1.54, 1.807) is 13.0 Å². The number of urea groups is 1. The topological polar surface area (TPSA) is 108 Å². The van der Waals surface area contributed by atoms with E-state index < -0.39 is 0 Å². The van der Waals surface area contributed by atoms with Crippen molar-refractivity contribution in [2.75, 3.05) is 23.7 Å². The van der Waals surface area contributed by atoms with Crippen LogP contribution in [0.1, 0.15) is 25.0 Å². The lowest BCUT2D eigenvalue weighted by atomic mass is 10.1. The molecule has 0 unspecified atom stereocenters. The van der Waals surface area contributed by atoms with Gasteiger partial charge in [0, 0.05) is 37.4 Å². The smallest absolute Gasteiger partial charge is 0.340 e. The fourth-order valence-electron chi connectivity index (χ4n) is 3.58. The van der Waals surface area contributed by atoms with Gasteiger partial charge in [-0.25, -0.2) is 9.80 Å². The lowest BCUT2D eigenvalue weighted by molar-refractivity contribution is -0.140. The van der Waals surface area contributed by atoms with Gasteiger partial charge < -0.3 is 15.2 Å². The SMILES string of the molecule is Cc1cc(NC(=O)CCC(=O)N2CCCN2C(=O)Nc2cccc3ccccc23)no1. The third-order valence-electron chi connectivity index (χ3n) is 5.05. The third-order valence-corrected chi connectivity index (χ3v) is 5.05. The molecule has 1 aromatic heterocycles. The van der Waals surface area contributed by atoms with Crippen LogP contribution < -0.4 is 10.6 Å². The molecule has 4 rings (SSSR count). The summed E-state index contributed by atoms with van der Waals surface area (Å²) in [6, 6.07) is 14.7. The van der Waals surface area contributed by atoms with Crippen LogP contribution in [0.15, 0.2) is 53.1 Å². The zero-order chi connectivity index (χ0) is 21.8. The highest BCUT2D eigenvalue weighted by molar-refractivity contribution is 6.02. The van der Waals surface area contributed by atoms with Gasteiger partial charge >= 0.3 is 6.03 Å². The molecule has 1 aliphatic rings. The number of hydrogen-bond acceptors (Lipinski definition) is 5. The van der Waals surface area contributed by atoms with Crippen LogP contribution >= 0.6 is 0 Å². The molecule has 2 N–H and O–H groups in total. The molecule has 0 aliphatic carbocycles. The molecule has 31 heavy (non-hydrogen) atoms. The standard InChI is InChI=1S/C22H23N5O4/c1-15-14-19(25-31-15)24-20(28)10-11-21(29)26-12-5-13-27(26)22(30)23-18-9-4-7-16-6-2-3-8-17(16)18/h2-4,6-9,14H,5,10-13H2,1H3,(H,23,30)(H,24,25,28). The fraction of sp³-hybridized carbons (Fsp3) is 0.273. The second kappa shape index (κ2) is 8.86. The van der Waals surface area contributed by atoms with Gasteiger partial charge in [-0.1, -0.05) is 41.6 Å². The molecule has 9 nitrogen and oxygen atoms in total. The molecular weight excluding hydrogens is 398 g/mol. The summed E-state index contributed by atoms with van der Waals surface area (Å²) < 4.78 is 4.90. The molecule has 0 radical (unpaired) electrons. The number of aromatic nitrogens is 1. The van der Waals surface area contributed by atoms with E-state index >= 15 is 0 Å². The summed E-state index contributed by atoms with van der Waals surface area (Å²) in [5.74, 6) is 0.271. The minimum atomic E-state index is -0.371. The van der Waals surface area contributed by atoms with Gasteiger partial charge in [-0.05, 0) is 24.8 Å². The van der Waals surface area contributed by atoms with Crippen molar-refractivity contribution in [3.63, 3.8) is 0 Å². The predicted octanol–water partition coefficient (Wildman–Crippen LogP) is 3.54. The molecule has 0 bridgehead atoms. The summed E-state index contributed by atoms with van der Waals surface area (Å²) in [7, 11) is 0. The molecule has 1 saturated heterocycles. The Hall–Kier alpha value is -3.88. The van der Waals surface area contributed by atoms with E-state index in [-0.39, 0.29) is 30.7 Å². The Morgan fingerprint density at radius 2 is 1.77 bits per heavy atom. The Bertz CT molecular complexity index is 1120. The van der Waals surface area contributed by atoms with E-state index in [0.29, 0.717) is 36.8 Å². The fourth-order valence-corrected chi connectivity index (χ4v) is 3.58. The van der Waals surface area contributed by atoms with Crippen LogP contribution in [0.3, 0.4) is 0 Å². The molecule has 2 heterocycles. The summed E-state index contributed by atoms with van der Waals surface area (Å²) in [5, 5.41) is 13.9. The highest BCUT2D eigenvalue weighted by Crippen LogP contribution is 2.24. The zero-order valence-electron chi connectivity index (χ0n) is 17.1. The quantitative estimate of drug-likeness (QED) is 0.655. The van der Waals surface area contributed by atoms with Crippen molar-refractivity contribution in [2.24, 2.45) is 0 Å². The molecule has 0 saturated carbocycles. The van der Waals surface area contributed by atoms with Gasteiger partial charge in [-0.15, -0.1) is 0 Å². The first kappa shape index (κ1) is 20.4. The molecule has 160 valence electrons. The van der Waals surface area contributed by atoms with Crippen LogP contribution in [0, 0.1) is 6.92 Å². The number of amides is 4. The average Bonchev–Trinajstić information content (AvgIpc) is 3.41. The van der Waals surface area contributed by atoms with Gasteiger partial charge in [-0.3, -0.25) is 14.6 Å². The number of hydrazine groups is 1. The van der Waals surface area contributed by atoms with Gasteiger partial charge in [0.1, 0.15) is 5.76 Å². The molecule has 1 fully saturated rings. The largest absolute Gasteiger partial charge is 0.360 e. The maximum Gasteiger partial charge on any atom is 0.340 e. The van der Waals surface area contributed by atoms with E-state index in [4.69, 9.17) is 4.52 Å². The number of carbonyl (C=O) groups excluding carboxylic acids is 3. The Balaban J connectivity index is 1.36. The number of benzene rings is 2. The number of nitrogens with zero attached hydrogens (tertiary/aromatic N) is 3. The summed E-state index contributed by atoms with van der Waals surface area (Å²) >= 11 is 0. The van der Waals surface area contributed by atoms with E-state index in [2.05, 4.69) is 15.8 Å². The normalized spacial score (nSPS) is 13.5. The van der Waals surface area contributed by atoms with Crippen molar-refractivity contribution in [3.05, 3.63) is 54.3 Å². The first-order valence-electron chi connectivity index (χ1n) is 10.1. The van der Waals surface area contributed by atoms with Crippen molar-refractivity contribution < 1.29 is 18.9 Å². The number of anilines is 2. The Kier molecular flexibility index (Phi) is 5.83. The maximum absolute atomic E-state index is 12.9. The van der Waals surface area contributed by atoms with E-state index in [9.17, 15) is 14.4 Å². The van der Waals surface area contributed by atoms with Crippen molar-refractivity contribution in [2.45, 2.75) is 26.2 Å². The van der Waals surface area contributed by atoms with E-state index in [1.165, 1.54) is 10.0 Å². The molecule has 9 heteroatoms. The molecule has 2 aromatic carbocycles. The molecule has 3 aromatic rings. The number of rotatable bonds is 5. The first-order chi connectivity index (χ1) is 15.0. The number of carbonyl (C=O) groups is 3. The summed E-state index contributed by atoms with van der Waals surface area (Å²) in [4.78, 5) is 37.6. The number of aryl methyl sites for hydroxylation is 1. The predicted molar refractivity (Wildman–Crippen MR) is 115 cm³/mol. The van der Waals surface area contributed by atoms with Crippen LogP contribution in [-0.2, 0) is 9.59 Å². The number of fused-ring (bicyclic) bond motifs is 1. The minimum Gasteiger partial charge on any atom is -0.360 e. The molecule has 0 spiro atoms. The monoisotopic (exact) mass is 421 g/mol.